The lowest BCUT2D eigenvalue weighted by molar-refractivity contribution is 0.339. The number of aromatic nitrogens is 2. The number of nitriles is 1. The molecule has 1 aliphatic heterocycles. The topological polar surface area (TPSA) is 79.9 Å². The lowest BCUT2D eigenvalue weighted by atomic mass is 9.93. The van der Waals surface area contributed by atoms with Crippen LogP contribution in [0.25, 0.3) is 10.9 Å². The number of ether oxygens (including phenoxy) is 1. The Labute approximate surface area is 180 Å². The third-order valence-electron chi connectivity index (χ3n) is 5.92. The molecule has 2 heterocycles. The minimum atomic E-state index is -0.622. The van der Waals surface area contributed by atoms with Crippen LogP contribution < -0.4 is 15.6 Å². The average Bonchev–Trinajstić information content (AvgIpc) is 2.79. The normalized spacial score (nSPS) is 14.5. The molecule has 1 fully saturated rings. The van der Waals surface area contributed by atoms with E-state index in [9.17, 15) is 14.4 Å². The maximum absolute atomic E-state index is 14.3. The van der Waals surface area contributed by atoms with Crippen LogP contribution in [0.1, 0.15) is 36.8 Å². The lowest BCUT2D eigenvalue weighted by Gasteiger charge is -2.22. The first-order chi connectivity index (χ1) is 15.1. The van der Waals surface area contributed by atoms with Gasteiger partial charge in [0.05, 0.1) is 17.2 Å². The van der Waals surface area contributed by atoms with E-state index in [0.29, 0.717) is 34.7 Å². The van der Waals surface area contributed by atoms with Crippen LogP contribution >= 0.6 is 0 Å². The number of benzene rings is 2. The van der Waals surface area contributed by atoms with Crippen molar-refractivity contribution in [2.24, 2.45) is 5.92 Å². The van der Waals surface area contributed by atoms with Gasteiger partial charge in [0.1, 0.15) is 17.4 Å². The standard InChI is InChI=1S/C24H25FN4O2/c1-16-4-6-21(25)23(20(16)14-26)31-18-5-7-22-19(13-18)24(30)29(15-28-22)12-2-3-17-8-10-27-11-9-17/h4-7,13,15,17,27H,2-3,8-12H2,1H3. The predicted octanol–water partition coefficient (Wildman–Crippen LogP) is 4.29. The van der Waals surface area contributed by atoms with Gasteiger partial charge in [-0.1, -0.05) is 6.07 Å². The number of hydrogen-bond acceptors (Lipinski definition) is 5. The van der Waals surface area contributed by atoms with Crippen LogP contribution in [0, 0.1) is 30.0 Å². The number of fused-ring (bicyclic) bond motifs is 1. The summed E-state index contributed by atoms with van der Waals surface area (Å²) in [5.41, 5.74) is 1.17. The molecule has 31 heavy (non-hydrogen) atoms. The van der Waals surface area contributed by atoms with Crippen molar-refractivity contribution >= 4 is 10.9 Å². The summed E-state index contributed by atoms with van der Waals surface area (Å²) >= 11 is 0. The molecule has 1 N–H and O–H groups in total. The Bertz CT molecular complexity index is 1190. The van der Waals surface area contributed by atoms with E-state index in [1.54, 1.807) is 36.0 Å². The molecule has 3 aromatic rings. The monoisotopic (exact) mass is 420 g/mol. The van der Waals surface area contributed by atoms with Crippen LogP contribution in [0.3, 0.4) is 0 Å². The van der Waals surface area contributed by atoms with Gasteiger partial charge < -0.3 is 10.1 Å². The zero-order valence-electron chi connectivity index (χ0n) is 17.5. The SMILES string of the molecule is Cc1ccc(F)c(Oc2ccc3ncn(CCCC4CCNCC4)c(=O)c3c2)c1C#N. The summed E-state index contributed by atoms with van der Waals surface area (Å²) in [6.07, 6.45) is 5.98. The van der Waals surface area contributed by atoms with Crippen molar-refractivity contribution in [2.45, 2.75) is 39.2 Å². The van der Waals surface area contributed by atoms with Crippen molar-refractivity contribution in [3.05, 3.63) is 64.0 Å². The fraction of sp³-hybridized carbons (Fsp3) is 0.375. The summed E-state index contributed by atoms with van der Waals surface area (Å²) in [7, 11) is 0. The van der Waals surface area contributed by atoms with Crippen LogP contribution in [0.2, 0.25) is 0 Å². The van der Waals surface area contributed by atoms with Crippen LogP contribution in [-0.4, -0.2) is 22.6 Å². The van der Waals surface area contributed by atoms with Gasteiger partial charge in [-0.05, 0) is 81.4 Å². The van der Waals surface area contributed by atoms with Gasteiger partial charge in [-0.15, -0.1) is 0 Å². The van der Waals surface area contributed by atoms with Gasteiger partial charge in [0.25, 0.3) is 5.56 Å². The molecule has 160 valence electrons. The van der Waals surface area contributed by atoms with Crippen molar-refractivity contribution < 1.29 is 9.13 Å². The first-order valence-corrected chi connectivity index (χ1v) is 10.6. The highest BCUT2D eigenvalue weighted by Crippen LogP contribution is 2.31. The van der Waals surface area contributed by atoms with Crippen molar-refractivity contribution in [2.75, 3.05) is 13.1 Å². The molecule has 0 bridgehead atoms. The number of aryl methyl sites for hydroxylation is 2. The van der Waals surface area contributed by atoms with E-state index in [1.807, 2.05) is 6.07 Å². The van der Waals surface area contributed by atoms with Gasteiger partial charge in [0.15, 0.2) is 11.6 Å². The summed E-state index contributed by atoms with van der Waals surface area (Å²) in [5.74, 6) is 0.251. The van der Waals surface area contributed by atoms with Crippen molar-refractivity contribution in [3.63, 3.8) is 0 Å². The Morgan fingerprint density at radius 2 is 2.10 bits per heavy atom. The minimum absolute atomic E-state index is 0.131. The zero-order valence-corrected chi connectivity index (χ0v) is 17.5. The molecule has 7 heteroatoms. The van der Waals surface area contributed by atoms with Crippen LogP contribution in [0.4, 0.5) is 4.39 Å². The smallest absolute Gasteiger partial charge is 0.261 e. The summed E-state index contributed by atoms with van der Waals surface area (Å²) in [5, 5.41) is 13.1. The van der Waals surface area contributed by atoms with Gasteiger partial charge in [-0.2, -0.15) is 5.26 Å². The van der Waals surface area contributed by atoms with E-state index in [2.05, 4.69) is 10.3 Å². The molecule has 0 spiro atoms. The molecule has 0 unspecified atom stereocenters. The fourth-order valence-electron chi connectivity index (χ4n) is 4.09. The van der Waals surface area contributed by atoms with Crippen LogP contribution in [-0.2, 0) is 6.54 Å². The molecule has 0 radical (unpaired) electrons. The predicted molar refractivity (Wildman–Crippen MR) is 117 cm³/mol. The van der Waals surface area contributed by atoms with E-state index < -0.39 is 5.82 Å². The molecule has 6 nitrogen and oxygen atoms in total. The Morgan fingerprint density at radius 1 is 1.29 bits per heavy atom. The number of halogens is 1. The van der Waals surface area contributed by atoms with E-state index in [4.69, 9.17) is 4.74 Å². The molecule has 0 saturated carbocycles. The van der Waals surface area contributed by atoms with Gasteiger partial charge in [-0.3, -0.25) is 9.36 Å². The summed E-state index contributed by atoms with van der Waals surface area (Å²) in [6.45, 7) is 4.47. The minimum Gasteiger partial charge on any atom is -0.453 e. The number of piperidine rings is 1. The highest BCUT2D eigenvalue weighted by Gasteiger charge is 2.16. The largest absolute Gasteiger partial charge is 0.453 e. The fourth-order valence-corrected chi connectivity index (χ4v) is 4.09. The lowest BCUT2D eigenvalue weighted by Crippen LogP contribution is -2.28. The molecule has 4 rings (SSSR count). The van der Waals surface area contributed by atoms with Crippen LogP contribution in [0.5, 0.6) is 11.5 Å². The van der Waals surface area contributed by atoms with Gasteiger partial charge in [0.2, 0.25) is 0 Å². The molecular formula is C24H25FN4O2. The molecule has 1 saturated heterocycles. The maximum atomic E-state index is 14.3. The molecule has 0 aliphatic carbocycles. The maximum Gasteiger partial charge on any atom is 0.261 e. The summed E-state index contributed by atoms with van der Waals surface area (Å²) in [4.78, 5) is 17.4. The highest BCUT2D eigenvalue weighted by atomic mass is 19.1. The Kier molecular flexibility index (Phi) is 6.28. The Hall–Kier alpha value is -3.24. The molecule has 1 aromatic heterocycles. The average molecular weight is 420 g/mol. The van der Waals surface area contributed by atoms with Gasteiger partial charge in [-0.25, -0.2) is 9.37 Å². The van der Waals surface area contributed by atoms with Gasteiger partial charge >= 0.3 is 0 Å². The quantitative estimate of drug-likeness (QED) is 0.644. The Balaban J connectivity index is 1.56. The zero-order chi connectivity index (χ0) is 21.8. The number of nitrogens with zero attached hydrogens (tertiary/aromatic N) is 3. The second-order valence-electron chi connectivity index (χ2n) is 8.04. The summed E-state index contributed by atoms with van der Waals surface area (Å²) < 4.78 is 21.6. The first-order valence-electron chi connectivity index (χ1n) is 10.6. The second-order valence-corrected chi connectivity index (χ2v) is 8.04. The number of hydrogen-bond donors (Lipinski definition) is 1. The van der Waals surface area contributed by atoms with Crippen molar-refractivity contribution in [1.82, 2.24) is 14.9 Å². The van der Waals surface area contributed by atoms with Crippen molar-refractivity contribution in [3.8, 4) is 17.6 Å². The third kappa shape index (κ3) is 4.59. The van der Waals surface area contributed by atoms with E-state index in [1.165, 1.54) is 25.0 Å². The molecule has 1 aliphatic rings. The Morgan fingerprint density at radius 3 is 2.87 bits per heavy atom. The highest BCUT2D eigenvalue weighted by molar-refractivity contribution is 5.79. The third-order valence-corrected chi connectivity index (χ3v) is 5.92. The van der Waals surface area contributed by atoms with E-state index >= 15 is 0 Å². The van der Waals surface area contributed by atoms with Crippen molar-refractivity contribution in [1.29, 1.82) is 5.26 Å². The molecular weight excluding hydrogens is 395 g/mol. The molecule has 2 aromatic carbocycles. The number of nitrogens with one attached hydrogen (secondary N) is 1. The van der Waals surface area contributed by atoms with E-state index in [0.717, 1.165) is 25.9 Å². The number of rotatable bonds is 6. The van der Waals surface area contributed by atoms with E-state index in [-0.39, 0.29) is 16.9 Å². The van der Waals surface area contributed by atoms with Gasteiger partial charge in [0, 0.05) is 6.54 Å². The van der Waals surface area contributed by atoms with Crippen LogP contribution in [0.15, 0.2) is 41.5 Å². The summed E-state index contributed by atoms with van der Waals surface area (Å²) in [6, 6.07) is 9.65. The second kappa shape index (κ2) is 9.27. The first kappa shape index (κ1) is 21.0. The molecule has 0 amide bonds. The molecule has 0 atom stereocenters.